The predicted molar refractivity (Wildman–Crippen MR) is 127 cm³/mol. The van der Waals surface area contributed by atoms with Gasteiger partial charge in [-0.3, -0.25) is 14.5 Å². The summed E-state index contributed by atoms with van der Waals surface area (Å²) in [6.07, 6.45) is 2.77. The highest BCUT2D eigenvalue weighted by Crippen LogP contribution is 2.41. The second kappa shape index (κ2) is 10.8. The molecule has 2 amide bonds. The van der Waals surface area contributed by atoms with Crippen molar-refractivity contribution in [2.45, 2.75) is 15.8 Å². The molecule has 34 heavy (non-hydrogen) atoms. The number of amides is 2. The van der Waals surface area contributed by atoms with Crippen molar-refractivity contribution in [2.75, 3.05) is 18.1 Å². The van der Waals surface area contributed by atoms with E-state index in [1.165, 1.54) is 45.8 Å². The maximum atomic E-state index is 12.7. The summed E-state index contributed by atoms with van der Waals surface area (Å²) in [6.45, 7) is -0.551. The number of ether oxygens (including phenoxy) is 1. The number of carbonyl (C=O) groups is 4. The number of hydrogen-bond acceptors (Lipinski definition) is 10. The Balaban J connectivity index is 1.31. The van der Waals surface area contributed by atoms with Crippen LogP contribution in [0.1, 0.15) is 5.56 Å². The Morgan fingerprint density at radius 3 is 2.79 bits per heavy atom. The number of nitrogens with one attached hydrogen (secondary N) is 1. The molecular weight excluding hydrogens is 500 g/mol. The minimum absolute atomic E-state index is 0.0614. The number of hydrogen-bond donors (Lipinski definition) is 2. The molecular formula is C21H18N4O6S3. The number of esters is 1. The van der Waals surface area contributed by atoms with Gasteiger partial charge in [0.1, 0.15) is 22.6 Å². The molecule has 4 rings (SSSR count). The molecule has 1 aromatic heterocycles. The Hall–Kier alpha value is -3.16. The third kappa shape index (κ3) is 5.48. The third-order valence-electron chi connectivity index (χ3n) is 4.83. The number of β-lactam (4-membered cyclic amide) rings is 1. The number of thioether (sulfide) groups is 2. The van der Waals surface area contributed by atoms with Crippen LogP contribution in [-0.4, -0.2) is 73.5 Å². The first-order valence-electron chi connectivity index (χ1n) is 9.92. The Labute approximate surface area is 206 Å². The molecule has 0 spiro atoms. The van der Waals surface area contributed by atoms with Crippen molar-refractivity contribution >= 4 is 64.7 Å². The Bertz CT molecular complexity index is 1150. The SMILES string of the molecule is O=C(COC(=O)/C=C/c1ccccc1)NC1C(=O)N2C(C(=O)O)=C(CSc3nncs3)CS[C@H]12. The maximum absolute atomic E-state index is 12.7. The lowest BCUT2D eigenvalue weighted by molar-refractivity contribution is -0.152. The van der Waals surface area contributed by atoms with Gasteiger partial charge in [0.2, 0.25) is 0 Å². The zero-order chi connectivity index (χ0) is 24.1. The van der Waals surface area contributed by atoms with Gasteiger partial charge in [0.15, 0.2) is 10.9 Å². The molecule has 2 aliphatic heterocycles. The molecule has 176 valence electrons. The number of carboxylic acids is 1. The minimum atomic E-state index is -1.20. The first-order chi connectivity index (χ1) is 16.4. The highest BCUT2D eigenvalue weighted by molar-refractivity contribution is 8.01. The average Bonchev–Trinajstić information content (AvgIpc) is 3.37. The van der Waals surface area contributed by atoms with Crippen molar-refractivity contribution < 1.29 is 29.0 Å². The van der Waals surface area contributed by atoms with Gasteiger partial charge in [0.05, 0.1) is 0 Å². The van der Waals surface area contributed by atoms with Crippen LogP contribution in [0.4, 0.5) is 0 Å². The first-order valence-corrected chi connectivity index (χ1v) is 12.8. The van der Waals surface area contributed by atoms with Crippen LogP contribution < -0.4 is 5.32 Å². The van der Waals surface area contributed by atoms with Gasteiger partial charge < -0.3 is 15.2 Å². The lowest BCUT2D eigenvalue weighted by Gasteiger charge is -2.49. The summed E-state index contributed by atoms with van der Waals surface area (Å²) in [5, 5.41) is 19.4. The molecule has 1 aromatic carbocycles. The fourth-order valence-corrected chi connectivity index (χ4v) is 6.27. The molecule has 2 N–H and O–H groups in total. The fraction of sp³-hybridized carbons (Fsp3) is 0.238. The van der Waals surface area contributed by atoms with Crippen LogP contribution in [-0.2, 0) is 23.9 Å². The number of rotatable bonds is 9. The van der Waals surface area contributed by atoms with Crippen LogP contribution in [0.5, 0.6) is 0 Å². The molecule has 1 saturated heterocycles. The van der Waals surface area contributed by atoms with E-state index in [9.17, 15) is 24.3 Å². The van der Waals surface area contributed by atoms with Gasteiger partial charge in [0, 0.05) is 17.6 Å². The molecule has 13 heteroatoms. The van der Waals surface area contributed by atoms with Crippen LogP contribution in [0.2, 0.25) is 0 Å². The number of fused-ring (bicyclic) bond motifs is 1. The lowest BCUT2D eigenvalue weighted by atomic mass is 10.0. The zero-order valence-electron chi connectivity index (χ0n) is 17.4. The molecule has 0 radical (unpaired) electrons. The summed E-state index contributed by atoms with van der Waals surface area (Å²) in [5.74, 6) is -2.29. The van der Waals surface area contributed by atoms with Crippen LogP contribution in [0.3, 0.4) is 0 Å². The molecule has 2 aromatic rings. The Kier molecular flexibility index (Phi) is 7.65. The number of benzene rings is 1. The van der Waals surface area contributed by atoms with Crippen LogP contribution in [0.15, 0.2) is 57.5 Å². The van der Waals surface area contributed by atoms with Crippen LogP contribution >= 0.6 is 34.9 Å². The zero-order valence-corrected chi connectivity index (χ0v) is 19.9. The molecule has 0 saturated carbocycles. The molecule has 0 aliphatic carbocycles. The Morgan fingerprint density at radius 1 is 1.29 bits per heavy atom. The van der Waals surface area contributed by atoms with E-state index in [-0.39, 0.29) is 5.70 Å². The highest BCUT2D eigenvalue weighted by atomic mass is 32.2. The van der Waals surface area contributed by atoms with Crippen molar-refractivity contribution in [3.8, 4) is 0 Å². The molecule has 2 aliphatic rings. The summed E-state index contributed by atoms with van der Waals surface area (Å²) >= 11 is 4.07. The van der Waals surface area contributed by atoms with Crippen molar-refractivity contribution in [3.63, 3.8) is 0 Å². The second-order valence-electron chi connectivity index (χ2n) is 7.06. The first kappa shape index (κ1) is 24.0. The number of nitrogens with zero attached hydrogens (tertiary/aromatic N) is 3. The normalized spacial score (nSPS) is 19.5. The molecule has 1 fully saturated rings. The molecule has 3 heterocycles. The number of aliphatic carboxylic acids is 1. The van der Waals surface area contributed by atoms with Crippen LogP contribution in [0.25, 0.3) is 6.08 Å². The molecule has 1 unspecified atom stereocenters. The minimum Gasteiger partial charge on any atom is -0.477 e. The molecule has 0 bridgehead atoms. The van der Waals surface area contributed by atoms with Crippen LogP contribution in [0, 0.1) is 0 Å². The summed E-state index contributed by atoms with van der Waals surface area (Å²) in [6, 6.07) is 8.24. The molecule has 2 atom stereocenters. The number of carbonyl (C=O) groups excluding carboxylic acids is 3. The lowest BCUT2D eigenvalue weighted by Crippen LogP contribution is -2.70. The quantitative estimate of drug-likeness (QED) is 0.218. The van der Waals surface area contributed by atoms with E-state index in [4.69, 9.17) is 4.74 Å². The maximum Gasteiger partial charge on any atom is 0.352 e. The largest absolute Gasteiger partial charge is 0.477 e. The summed E-state index contributed by atoms with van der Waals surface area (Å²) in [7, 11) is 0. The highest BCUT2D eigenvalue weighted by Gasteiger charge is 2.54. The topological polar surface area (TPSA) is 139 Å². The van der Waals surface area contributed by atoms with Crippen molar-refractivity contribution in [1.29, 1.82) is 0 Å². The summed E-state index contributed by atoms with van der Waals surface area (Å²) < 4.78 is 5.63. The van der Waals surface area contributed by atoms with Crippen molar-refractivity contribution in [3.05, 3.63) is 58.8 Å². The van der Waals surface area contributed by atoms with E-state index in [2.05, 4.69) is 15.5 Å². The van der Waals surface area contributed by atoms with Gasteiger partial charge in [0.25, 0.3) is 11.8 Å². The van der Waals surface area contributed by atoms with Gasteiger partial charge in [-0.2, -0.15) is 0 Å². The van der Waals surface area contributed by atoms with E-state index in [0.29, 0.717) is 21.4 Å². The Morgan fingerprint density at radius 2 is 2.09 bits per heavy atom. The van der Waals surface area contributed by atoms with E-state index < -0.39 is 41.8 Å². The van der Waals surface area contributed by atoms with Crippen molar-refractivity contribution in [1.82, 2.24) is 20.4 Å². The van der Waals surface area contributed by atoms with E-state index >= 15 is 0 Å². The van der Waals surface area contributed by atoms with E-state index in [1.54, 1.807) is 11.6 Å². The summed E-state index contributed by atoms with van der Waals surface area (Å²) in [5.41, 5.74) is 2.94. The van der Waals surface area contributed by atoms with Gasteiger partial charge in [-0.05, 0) is 17.2 Å². The monoisotopic (exact) mass is 518 g/mol. The fourth-order valence-electron chi connectivity index (χ4n) is 3.30. The van der Waals surface area contributed by atoms with Gasteiger partial charge in [-0.15, -0.1) is 22.0 Å². The van der Waals surface area contributed by atoms with Gasteiger partial charge >= 0.3 is 11.9 Å². The van der Waals surface area contributed by atoms with E-state index in [1.807, 2.05) is 30.3 Å². The van der Waals surface area contributed by atoms with E-state index in [0.717, 1.165) is 5.56 Å². The van der Waals surface area contributed by atoms with Gasteiger partial charge in [-0.1, -0.05) is 53.4 Å². The smallest absolute Gasteiger partial charge is 0.352 e. The predicted octanol–water partition coefficient (Wildman–Crippen LogP) is 1.63. The molecule has 10 nitrogen and oxygen atoms in total. The van der Waals surface area contributed by atoms with Crippen molar-refractivity contribution in [2.24, 2.45) is 0 Å². The average molecular weight is 519 g/mol. The number of carboxylic acid groups (broad SMARTS) is 1. The number of aromatic nitrogens is 2. The second-order valence-corrected chi connectivity index (χ2v) is 10.2. The summed E-state index contributed by atoms with van der Waals surface area (Å²) in [4.78, 5) is 49.8. The van der Waals surface area contributed by atoms with Gasteiger partial charge in [-0.25, -0.2) is 9.59 Å². The standard InChI is InChI=1S/C21H18N4O6S3/c26-14(8-31-15(27)7-6-12-4-2-1-3-5-12)23-16-18(28)25-17(20(29)30)13(9-32-19(16)25)10-33-21-24-22-11-34-21/h1-7,11,16,19H,8-10H2,(H,23,26)(H,29,30)/b7-6+/t16?,19-/m1/s1. The third-order valence-corrected chi connectivity index (χ3v) is 8.12.